The van der Waals surface area contributed by atoms with Crippen LogP contribution < -0.4 is 15.2 Å². The minimum Gasteiger partial charge on any atom is -0.465 e. The third kappa shape index (κ3) is 3.76. The molecule has 0 unspecified atom stereocenters. The third-order valence-electron chi connectivity index (χ3n) is 2.82. The molecular formula is C16H15NO5. The fourth-order valence-electron chi connectivity index (χ4n) is 1.72. The molecule has 2 rings (SSSR count). The van der Waals surface area contributed by atoms with Gasteiger partial charge in [0.1, 0.15) is 17.1 Å². The lowest BCUT2D eigenvalue weighted by molar-refractivity contribution is 0.0597. The van der Waals surface area contributed by atoms with E-state index in [1.807, 2.05) is 6.92 Å². The lowest BCUT2D eigenvalue weighted by atomic mass is 10.2. The van der Waals surface area contributed by atoms with Crippen LogP contribution in [0.3, 0.4) is 0 Å². The summed E-state index contributed by atoms with van der Waals surface area (Å²) < 4.78 is 14.7. The lowest BCUT2D eigenvalue weighted by Gasteiger charge is -2.09. The standard InChI is InChI=1S/C16H15NO5/c1-10-3-6-12(7-4-10)21-16(19)22-14-8-5-11(17)9-13(14)15(18)20-2/h3-9H,17H2,1-2H3. The number of anilines is 1. The highest BCUT2D eigenvalue weighted by molar-refractivity contribution is 5.94. The van der Waals surface area contributed by atoms with Crippen molar-refractivity contribution in [2.75, 3.05) is 12.8 Å². The summed E-state index contributed by atoms with van der Waals surface area (Å²) in [7, 11) is 1.22. The highest BCUT2D eigenvalue weighted by atomic mass is 16.7. The molecule has 0 bridgehead atoms. The Kier molecular flexibility index (Phi) is 4.63. The second-order valence-corrected chi connectivity index (χ2v) is 4.51. The van der Waals surface area contributed by atoms with Crippen LogP contribution in [0.15, 0.2) is 42.5 Å². The molecule has 0 radical (unpaired) electrons. The lowest BCUT2D eigenvalue weighted by Crippen LogP contribution is -2.16. The van der Waals surface area contributed by atoms with Crippen molar-refractivity contribution in [1.82, 2.24) is 0 Å². The maximum absolute atomic E-state index is 11.8. The highest BCUT2D eigenvalue weighted by Gasteiger charge is 2.17. The molecule has 0 fully saturated rings. The largest absolute Gasteiger partial charge is 0.519 e. The van der Waals surface area contributed by atoms with E-state index in [2.05, 4.69) is 4.74 Å². The molecule has 0 spiro atoms. The van der Waals surface area contributed by atoms with Crippen LogP contribution in [0.25, 0.3) is 0 Å². The van der Waals surface area contributed by atoms with Gasteiger partial charge in [-0.15, -0.1) is 0 Å². The number of methoxy groups -OCH3 is 1. The molecule has 0 saturated carbocycles. The fraction of sp³-hybridized carbons (Fsp3) is 0.125. The number of benzene rings is 2. The molecule has 0 aliphatic carbocycles. The molecule has 6 nitrogen and oxygen atoms in total. The van der Waals surface area contributed by atoms with Gasteiger partial charge in [-0.05, 0) is 37.3 Å². The van der Waals surface area contributed by atoms with Gasteiger partial charge in [-0.1, -0.05) is 17.7 Å². The summed E-state index contributed by atoms with van der Waals surface area (Å²) in [5, 5.41) is 0. The monoisotopic (exact) mass is 301 g/mol. The molecule has 6 heteroatoms. The molecule has 0 amide bonds. The smallest absolute Gasteiger partial charge is 0.465 e. The van der Waals surface area contributed by atoms with Gasteiger partial charge in [0.15, 0.2) is 0 Å². The second kappa shape index (κ2) is 6.62. The van der Waals surface area contributed by atoms with Gasteiger partial charge in [-0.2, -0.15) is 0 Å². The van der Waals surface area contributed by atoms with Gasteiger partial charge in [-0.25, -0.2) is 9.59 Å². The van der Waals surface area contributed by atoms with Gasteiger partial charge in [0, 0.05) is 5.69 Å². The molecule has 0 heterocycles. The molecule has 114 valence electrons. The number of carbonyl (C=O) groups is 2. The van der Waals surface area contributed by atoms with Crippen LogP contribution >= 0.6 is 0 Å². The van der Waals surface area contributed by atoms with Gasteiger partial charge in [0.2, 0.25) is 0 Å². The first-order chi connectivity index (χ1) is 10.5. The van der Waals surface area contributed by atoms with Crippen molar-refractivity contribution < 1.29 is 23.8 Å². The van der Waals surface area contributed by atoms with E-state index in [1.165, 1.54) is 25.3 Å². The Balaban J connectivity index is 2.14. The highest BCUT2D eigenvalue weighted by Crippen LogP contribution is 2.23. The molecule has 0 atom stereocenters. The number of ether oxygens (including phenoxy) is 3. The molecule has 0 aliphatic heterocycles. The van der Waals surface area contributed by atoms with Crippen molar-refractivity contribution in [3.63, 3.8) is 0 Å². The zero-order valence-corrected chi connectivity index (χ0v) is 12.2. The molecule has 2 aromatic rings. The number of hydrogen-bond donors (Lipinski definition) is 1. The van der Waals surface area contributed by atoms with E-state index >= 15 is 0 Å². The third-order valence-corrected chi connectivity index (χ3v) is 2.82. The normalized spacial score (nSPS) is 9.91. The maximum atomic E-state index is 11.8. The van der Waals surface area contributed by atoms with Crippen LogP contribution in [0.5, 0.6) is 11.5 Å². The Morgan fingerprint density at radius 1 is 1.00 bits per heavy atom. The van der Waals surface area contributed by atoms with E-state index in [-0.39, 0.29) is 11.3 Å². The van der Waals surface area contributed by atoms with Gasteiger partial charge >= 0.3 is 12.1 Å². The van der Waals surface area contributed by atoms with Gasteiger partial charge in [0.25, 0.3) is 0 Å². The van der Waals surface area contributed by atoms with Crippen LogP contribution in [0.2, 0.25) is 0 Å². The second-order valence-electron chi connectivity index (χ2n) is 4.51. The predicted molar refractivity (Wildman–Crippen MR) is 80.0 cm³/mol. The summed E-state index contributed by atoms with van der Waals surface area (Å²) in [5.74, 6) is -0.311. The van der Waals surface area contributed by atoms with E-state index in [0.29, 0.717) is 11.4 Å². The number of esters is 1. The van der Waals surface area contributed by atoms with E-state index in [4.69, 9.17) is 15.2 Å². The van der Waals surface area contributed by atoms with E-state index < -0.39 is 12.1 Å². The summed E-state index contributed by atoms with van der Waals surface area (Å²) in [6.07, 6.45) is -0.959. The first-order valence-corrected chi connectivity index (χ1v) is 6.44. The topological polar surface area (TPSA) is 87.9 Å². The summed E-state index contributed by atoms with van der Waals surface area (Å²) in [5.41, 5.74) is 7.04. The van der Waals surface area contributed by atoms with Crippen LogP contribution in [0.1, 0.15) is 15.9 Å². The Labute approximate surface area is 127 Å². The van der Waals surface area contributed by atoms with Gasteiger partial charge in [0.05, 0.1) is 7.11 Å². The molecule has 0 saturated heterocycles. The molecule has 2 aromatic carbocycles. The average molecular weight is 301 g/mol. The minimum atomic E-state index is -0.959. The molecular weight excluding hydrogens is 286 g/mol. The van der Waals surface area contributed by atoms with Crippen LogP contribution in [0.4, 0.5) is 10.5 Å². The average Bonchev–Trinajstić information content (AvgIpc) is 2.50. The number of aryl methyl sites for hydroxylation is 1. The SMILES string of the molecule is COC(=O)c1cc(N)ccc1OC(=O)Oc1ccc(C)cc1. The first-order valence-electron chi connectivity index (χ1n) is 6.44. The Morgan fingerprint density at radius 2 is 1.68 bits per heavy atom. The maximum Gasteiger partial charge on any atom is 0.519 e. The molecule has 0 aromatic heterocycles. The van der Waals surface area contributed by atoms with Gasteiger partial charge in [-0.3, -0.25) is 0 Å². The van der Waals surface area contributed by atoms with Crippen LogP contribution in [0, 0.1) is 6.92 Å². The summed E-state index contributed by atoms with van der Waals surface area (Å²) >= 11 is 0. The van der Waals surface area contributed by atoms with Crippen molar-refractivity contribution in [2.45, 2.75) is 6.92 Å². The quantitative estimate of drug-likeness (QED) is 0.533. The summed E-state index contributed by atoms with van der Waals surface area (Å²) in [4.78, 5) is 23.4. The Hall–Kier alpha value is -3.02. The number of hydrogen-bond acceptors (Lipinski definition) is 6. The van der Waals surface area contributed by atoms with Crippen molar-refractivity contribution >= 4 is 17.8 Å². The number of nitrogen functional groups attached to an aromatic ring is 1. The summed E-state index contributed by atoms with van der Waals surface area (Å²) in [6, 6.07) is 11.1. The van der Waals surface area contributed by atoms with Gasteiger partial charge < -0.3 is 19.9 Å². The number of carbonyl (C=O) groups excluding carboxylic acids is 2. The number of nitrogens with two attached hydrogens (primary N) is 1. The van der Waals surface area contributed by atoms with Crippen molar-refractivity contribution in [3.05, 3.63) is 53.6 Å². The van der Waals surface area contributed by atoms with E-state index in [9.17, 15) is 9.59 Å². The molecule has 22 heavy (non-hydrogen) atoms. The fourth-order valence-corrected chi connectivity index (χ4v) is 1.72. The Morgan fingerprint density at radius 3 is 2.32 bits per heavy atom. The van der Waals surface area contributed by atoms with Crippen LogP contribution in [-0.4, -0.2) is 19.2 Å². The van der Waals surface area contributed by atoms with Crippen molar-refractivity contribution in [3.8, 4) is 11.5 Å². The minimum absolute atomic E-state index is 0.0122. The predicted octanol–water partition coefficient (Wildman–Crippen LogP) is 2.94. The first kappa shape index (κ1) is 15.4. The molecule has 2 N–H and O–H groups in total. The zero-order chi connectivity index (χ0) is 16.1. The van der Waals surface area contributed by atoms with E-state index in [1.54, 1.807) is 24.3 Å². The van der Waals surface area contributed by atoms with E-state index in [0.717, 1.165) is 5.56 Å². The molecule has 0 aliphatic rings. The number of rotatable bonds is 3. The zero-order valence-electron chi connectivity index (χ0n) is 12.2. The van der Waals surface area contributed by atoms with Crippen molar-refractivity contribution in [2.24, 2.45) is 0 Å². The van der Waals surface area contributed by atoms with Crippen LogP contribution in [-0.2, 0) is 4.74 Å². The van der Waals surface area contributed by atoms with Crippen molar-refractivity contribution in [1.29, 1.82) is 0 Å². The Bertz CT molecular complexity index is 694. The summed E-state index contributed by atoms with van der Waals surface area (Å²) in [6.45, 7) is 1.92.